The average Bonchev–Trinajstić information content (AvgIpc) is 2.46. The van der Waals surface area contributed by atoms with Gasteiger partial charge in [-0.2, -0.15) is 0 Å². The van der Waals surface area contributed by atoms with Gasteiger partial charge in [0, 0.05) is 11.3 Å². The summed E-state index contributed by atoms with van der Waals surface area (Å²) in [4.78, 5) is 25.8. The lowest BCUT2D eigenvalue weighted by atomic mass is 10.1. The number of hydrogen-bond donors (Lipinski definition) is 1. The number of esters is 1. The SMILES string of the molecule is CCOC(=O)[C@H](Cc1ccccc1)NC(=O)CN=[N+]=[N-]. The molecular formula is C13H16N4O3. The molecule has 1 aromatic rings. The van der Waals surface area contributed by atoms with E-state index in [1.54, 1.807) is 6.92 Å². The Bertz CT molecular complexity index is 498. The smallest absolute Gasteiger partial charge is 0.328 e. The van der Waals surface area contributed by atoms with E-state index in [9.17, 15) is 9.59 Å². The number of amides is 1. The maximum Gasteiger partial charge on any atom is 0.328 e. The minimum absolute atomic E-state index is 0.232. The Hall–Kier alpha value is -2.53. The van der Waals surface area contributed by atoms with Crippen LogP contribution in [-0.4, -0.2) is 31.1 Å². The first-order valence-electron chi connectivity index (χ1n) is 6.18. The molecule has 7 nitrogen and oxygen atoms in total. The Morgan fingerprint density at radius 3 is 2.70 bits per heavy atom. The van der Waals surface area contributed by atoms with Gasteiger partial charge in [0.25, 0.3) is 0 Å². The molecule has 0 unspecified atom stereocenters. The second-order valence-electron chi connectivity index (χ2n) is 3.95. The summed E-state index contributed by atoms with van der Waals surface area (Å²) in [5.74, 6) is -1.03. The third kappa shape index (κ3) is 5.41. The summed E-state index contributed by atoms with van der Waals surface area (Å²) < 4.78 is 4.92. The van der Waals surface area contributed by atoms with Crippen molar-refractivity contribution < 1.29 is 14.3 Å². The molecule has 0 aromatic heterocycles. The quantitative estimate of drug-likeness (QED) is 0.354. The minimum Gasteiger partial charge on any atom is -0.464 e. The Balaban J connectivity index is 2.72. The van der Waals surface area contributed by atoms with Crippen LogP contribution in [0.3, 0.4) is 0 Å². The van der Waals surface area contributed by atoms with E-state index in [0.717, 1.165) is 5.56 Å². The summed E-state index contributed by atoms with van der Waals surface area (Å²) in [6, 6.07) is 8.47. The molecule has 0 bridgehead atoms. The van der Waals surface area contributed by atoms with Crippen LogP contribution in [0.2, 0.25) is 0 Å². The van der Waals surface area contributed by atoms with Crippen molar-refractivity contribution >= 4 is 11.9 Å². The van der Waals surface area contributed by atoms with E-state index in [0.29, 0.717) is 6.42 Å². The monoisotopic (exact) mass is 276 g/mol. The van der Waals surface area contributed by atoms with Gasteiger partial charge in [-0.15, -0.1) is 0 Å². The Morgan fingerprint density at radius 2 is 2.10 bits per heavy atom. The first-order valence-corrected chi connectivity index (χ1v) is 6.18. The molecule has 1 amide bonds. The number of carbonyl (C=O) groups excluding carboxylic acids is 2. The molecule has 1 aromatic carbocycles. The third-order valence-corrected chi connectivity index (χ3v) is 2.47. The summed E-state index contributed by atoms with van der Waals surface area (Å²) >= 11 is 0. The predicted octanol–water partition coefficient (Wildman–Crippen LogP) is 1.59. The molecule has 1 atom stereocenters. The van der Waals surface area contributed by atoms with Crippen molar-refractivity contribution in [2.75, 3.05) is 13.2 Å². The zero-order chi connectivity index (χ0) is 14.8. The maximum absolute atomic E-state index is 11.8. The van der Waals surface area contributed by atoms with Crippen LogP contribution in [0.15, 0.2) is 35.4 Å². The van der Waals surface area contributed by atoms with Crippen LogP contribution in [-0.2, 0) is 20.7 Å². The number of nitrogens with zero attached hydrogens (tertiary/aromatic N) is 3. The van der Waals surface area contributed by atoms with Crippen molar-refractivity contribution in [1.29, 1.82) is 0 Å². The fourth-order valence-corrected chi connectivity index (χ4v) is 1.62. The number of nitrogens with one attached hydrogen (secondary N) is 1. The molecule has 1 N–H and O–H groups in total. The first kappa shape index (κ1) is 15.5. The average molecular weight is 276 g/mol. The third-order valence-electron chi connectivity index (χ3n) is 2.47. The highest BCUT2D eigenvalue weighted by atomic mass is 16.5. The highest BCUT2D eigenvalue weighted by Gasteiger charge is 2.22. The molecule has 0 aliphatic carbocycles. The maximum atomic E-state index is 11.8. The van der Waals surface area contributed by atoms with Crippen molar-refractivity contribution in [2.24, 2.45) is 5.11 Å². The van der Waals surface area contributed by atoms with Crippen molar-refractivity contribution in [2.45, 2.75) is 19.4 Å². The lowest BCUT2D eigenvalue weighted by molar-refractivity contribution is -0.147. The normalized spacial score (nSPS) is 11.1. The van der Waals surface area contributed by atoms with Gasteiger partial charge in [-0.3, -0.25) is 4.79 Å². The fraction of sp³-hybridized carbons (Fsp3) is 0.385. The highest BCUT2D eigenvalue weighted by Crippen LogP contribution is 2.05. The van der Waals surface area contributed by atoms with Crippen molar-refractivity contribution in [3.8, 4) is 0 Å². The Kier molecular flexibility index (Phi) is 6.64. The zero-order valence-corrected chi connectivity index (χ0v) is 11.2. The van der Waals surface area contributed by atoms with Crippen molar-refractivity contribution in [3.63, 3.8) is 0 Å². The van der Waals surface area contributed by atoms with Gasteiger partial charge < -0.3 is 10.1 Å². The predicted molar refractivity (Wildman–Crippen MR) is 72.7 cm³/mol. The van der Waals surface area contributed by atoms with Crippen molar-refractivity contribution in [3.05, 3.63) is 46.3 Å². The van der Waals surface area contributed by atoms with Crippen LogP contribution in [0.4, 0.5) is 0 Å². The number of ether oxygens (including phenoxy) is 1. The zero-order valence-electron chi connectivity index (χ0n) is 11.2. The topological polar surface area (TPSA) is 104 Å². The largest absolute Gasteiger partial charge is 0.464 e. The molecule has 0 fully saturated rings. The summed E-state index contributed by atoms with van der Waals surface area (Å²) in [7, 11) is 0. The fourth-order valence-electron chi connectivity index (χ4n) is 1.62. The van der Waals surface area contributed by atoms with Crippen LogP contribution in [0.5, 0.6) is 0 Å². The molecule has 0 saturated heterocycles. The lowest BCUT2D eigenvalue weighted by Gasteiger charge is -2.16. The number of rotatable bonds is 7. The highest BCUT2D eigenvalue weighted by molar-refractivity contribution is 5.85. The van der Waals surface area contributed by atoms with E-state index in [1.807, 2.05) is 30.3 Å². The van der Waals surface area contributed by atoms with Gasteiger partial charge in [-0.25, -0.2) is 4.79 Å². The van der Waals surface area contributed by atoms with Gasteiger partial charge in [-0.1, -0.05) is 35.4 Å². The molecule has 0 aliphatic heterocycles. The van der Waals surface area contributed by atoms with E-state index in [-0.39, 0.29) is 13.2 Å². The van der Waals surface area contributed by atoms with E-state index in [2.05, 4.69) is 15.3 Å². The summed E-state index contributed by atoms with van der Waals surface area (Å²) in [5, 5.41) is 5.66. The van der Waals surface area contributed by atoms with Crippen LogP contribution >= 0.6 is 0 Å². The van der Waals surface area contributed by atoms with Crippen LogP contribution in [0.1, 0.15) is 12.5 Å². The van der Waals surface area contributed by atoms with E-state index >= 15 is 0 Å². The standard InChI is InChI=1S/C13H16N4O3/c1-2-20-13(19)11(16-12(18)9-15-17-14)8-10-6-4-3-5-7-10/h3-7,11H,2,8-9H2,1H3,(H,16,18)/t11-/m0/s1. The number of benzene rings is 1. The Labute approximate surface area is 116 Å². The van der Waals surface area contributed by atoms with Gasteiger partial charge in [0.2, 0.25) is 5.91 Å². The molecule has 20 heavy (non-hydrogen) atoms. The van der Waals surface area contributed by atoms with Gasteiger partial charge in [0.05, 0.1) is 6.61 Å². The van der Waals surface area contributed by atoms with E-state index < -0.39 is 17.9 Å². The second-order valence-corrected chi connectivity index (χ2v) is 3.95. The first-order chi connectivity index (χ1) is 9.67. The summed E-state index contributed by atoms with van der Waals surface area (Å²) in [5.41, 5.74) is 9.06. The summed E-state index contributed by atoms with van der Waals surface area (Å²) in [6.45, 7) is 1.58. The Morgan fingerprint density at radius 1 is 1.40 bits per heavy atom. The van der Waals surface area contributed by atoms with Gasteiger partial charge >= 0.3 is 5.97 Å². The van der Waals surface area contributed by atoms with E-state index in [1.165, 1.54) is 0 Å². The van der Waals surface area contributed by atoms with Gasteiger partial charge in [0.1, 0.15) is 12.6 Å². The molecule has 0 aliphatic rings. The van der Waals surface area contributed by atoms with Crippen LogP contribution in [0, 0.1) is 0 Å². The molecule has 1 rings (SSSR count). The molecule has 0 heterocycles. The minimum atomic E-state index is -0.793. The van der Waals surface area contributed by atoms with Crippen molar-refractivity contribution in [1.82, 2.24) is 5.32 Å². The number of hydrogen-bond acceptors (Lipinski definition) is 4. The lowest BCUT2D eigenvalue weighted by Crippen LogP contribution is -2.44. The molecular weight excluding hydrogens is 260 g/mol. The van der Waals surface area contributed by atoms with Gasteiger partial charge in [-0.05, 0) is 18.0 Å². The second kappa shape index (κ2) is 8.55. The van der Waals surface area contributed by atoms with Gasteiger partial charge in [0.15, 0.2) is 0 Å². The van der Waals surface area contributed by atoms with Crippen LogP contribution < -0.4 is 5.32 Å². The molecule has 0 saturated carbocycles. The van der Waals surface area contributed by atoms with E-state index in [4.69, 9.17) is 10.3 Å². The number of carbonyl (C=O) groups is 2. The molecule has 7 heteroatoms. The molecule has 0 spiro atoms. The molecule has 0 radical (unpaired) electrons. The van der Waals surface area contributed by atoms with Crippen LogP contribution in [0.25, 0.3) is 10.4 Å². The molecule has 106 valence electrons. The summed E-state index contributed by atoms with van der Waals surface area (Å²) in [6.07, 6.45) is 0.321. The number of azide groups is 1.